The molecule has 0 aromatic heterocycles. The van der Waals surface area contributed by atoms with Crippen LogP contribution < -0.4 is 0 Å². The van der Waals surface area contributed by atoms with Crippen LogP contribution in [0.3, 0.4) is 0 Å². The van der Waals surface area contributed by atoms with Gasteiger partial charge in [0.05, 0.1) is 11.0 Å². The molecule has 0 fully saturated rings. The van der Waals surface area contributed by atoms with Gasteiger partial charge in [0.15, 0.2) is 14.7 Å². The summed E-state index contributed by atoms with van der Waals surface area (Å²) in [5.41, 5.74) is 3.55. The van der Waals surface area contributed by atoms with Gasteiger partial charge in [0, 0.05) is 49.1 Å². The zero-order valence-corrected chi connectivity index (χ0v) is 21.3. The molecule has 5 rings (SSSR count). The summed E-state index contributed by atoms with van der Waals surface area (Å²) >= 11 is 1.96. The minimum atomic E-state index is -0.0146. The Kier molecular flexibility index (Phi) is 7.34. The number of hydrogen-bond donors (Lipinski definition) is 0. The molecule has 29 heavy (non-hydrogen) atoms. The van der Waals surface area contributed by atoms with E-state index >= 15 is 0 Å². The smallest absolute Gasteiger partial charge is 0.180 e. The number of benzene rings is 2. The van der Waals surface area contributed by atoms with Crippen LogP contribution in [-0.4, -0.2) is 0 Å². The number of nitrogens with zero attached hydrogens (tertiary/aromatic N) is 1. The number of thioether (sulfide) groups is 1. The van der Waals surface area contributed by atoms with E-state index in [4.69, 9.17) is 5.26 Å². The number of allylic oxidation sites excluding steroid dienone is 5. The van der Waals surface area contributed by atoms with Crippen LogP contribution in [0.4, 0.5) is 0 Å². The monoisotopic (exact) mass is 490 g/mol. The second kappa shape index (κ2) is 9.40. The zero-order valence-electron chi connectivity index (χ0n) is 16.8. The van der Waals surface area contributed by atoms with Gasteiger partial charge in [-0.3, -0.25) is 0 Å². The van der Waals surface area contributed by atoms with Crippen molar-refractivity contribution < 1.29 is 32.7 Å². The van der Waals surface area contributed by atoms with Crippen LogP contribution in [-0.2, 0) is 43.6 Å². The SMILES string of the molecule is CC1=C(C#N)CC1c1ccc([S+]2C3=C(CCC=C3)Sc3ccccc32)cc1.[CH3-].[Y]. The Balaban J connectivity index is 0.00000120. The third-order valence-electron chi connectivity index (χ3n) is 5.66. The van der Waals surface area contributed by atoms with Gasteiger partial charge in [-0.25, -0.2) is 0 Å². The van der Waals surface area contributed by atoms with Crippen LogP contribution in [0.2, 0.25) is 0 Å². The first-order valence-electron chi connectivity index (χ1n) is 9.37. The molecule has 3 aliphatic rings. The topological polar surface area (TPSA) is 23.8 Å². The van der Waals surface area contributed by atoms with E-state index in [9.17, 15) is 0 Å². The number of hydrogen-bond acceptors (Lipinski definition) is 2. The maximum Gasteiger partial charge on any atom is 0.180 e. The minimum Gasteiger partial charge on any atom is -0.358 e. The van der Waals surface area contributed by atoms with Crippen LogP contribution in [0.15, 0.2) is 96.3 Å². The van der Waals surface area contributed by atoms with Gasteiger partial charge in [0.25, 0.3) is 0 Å². The largest absolute Gasteiger partial charge is 0.358 e. The number of nitriles is 1. The van der Waals surface area contributed by atoms with E-state index in [0.717, 1.165) is 24.8 Å². The van der Waals surface area contributed by atoms with Gasteiger partial charge in [-0.15, -0.1) is 0 Å². The molecule has 1 nitrogen and oxygen atoms in total. The molecule has 143 valence electrons. The van der Waals surface area contributed by atoms with Crippen molar-refractivity contribution in [1.29, 1.82) is 5.26 Å². The van der Waals surface area contributed by atoms with Crippen molar-refractivity contribution in [2.75, 3.05) is 0 Å². The molecule has 4 heteroatoms. The first-order valence-corrected chi connectivity index (χ1v) is 11.4. The van der Waals surface area contributed by atoms with Gasteiger partial charge in [-0.2, -0.15) is 5.26 Å². The Hall–Kier alpha value is -1.05. The molecule has 2 unspecified atom stereocenters. The second-order valence-electron chi connectivity index (χ2n) is 7.18. The van der Waals surface area contributed by atoms with Crippen molar-refractivity contribution >= 4 is 22.7 Å². The van der Waals surface area contributed by atoms with E-state index < -0.39 is 0 Å². The van der Waals surface area contributed by atoms with Crippen LogP contribution >= 0.6 is 11.8 Å². The quantitative estimate of drug-likeness (QED) is 0.329. The van der Waals surface area contributed by atoms with Crippen molar-refractivity contribution in [3.63, 3.8) is 0 Å². The summed E-state index contributed by atoms with van der Waals surface area (Å²) in [5, 5.41) is 9.12. The van der Waals surface area contributed by atoms with Crippen LogP contribution in [0, 0.1) is 18.8 Å². The molecule has 1 aliphatic heterocycles. The predicted molar refractivity (Wildman–Crippen MR) is 120 cm³/mol. The molecule has 0 saturated carbocycles. The fourth-order valence-corrected chi connectivity index (χ4v) is 7.97. The van der Waals surface area contributed by atoms with Crippen molar-refractivity contribution in [3.8, 4) is 6.07 Å². The molecule has 2 atom stereocenters. The molecule has 0 spiro atoms. The van der Waals surface area contributed by atoms with Crippen molar-refractivity contribution in [1.82, 2.24) is 0 Å². The standard InChI is InChI=1S/C24H20NS2.CH3.Y/c1-16-18(15-25)14-20(16)17-10-12-19(13-11-17)27-23-8-4-2-6-21(23)26-22-7-3-5-9-24(22)27;;/h2,4-6,8-13,20H,3,7,14H2,1H3;1H3;/q+1;-1;. The van der Waals surface area contributed by atoms with E-state index in [-0.39, 0.29) is 51.0 Å². The average Bonchev–Trinajstić information content (AvgIpc) is 2.72. The first-order chi connectivity index (χ1) is 13.3. The first kappa shape index (κ1) is 22.6. The Morgan fingerprint density at radius 2 is 1.86 bits per heavy atom. The van der Waals surface area contributed by atoms with Crippen molar-refractivity contribution in [2.24, 2.45) is 0 Å². The average molecular weight is 491 g/mol. The molecule has 2 aromatic carbocycles. The van der Waals surface area contributed by atoms with E-state index in [1.807, 2.05) is 11.8 Å². The Labute approximate surface area is 206 Å². The zero-order chi connectivity index (χ0) is 18.4. The van der Waals surface area contributed by atoms with Gasteiger partial charge in [0.2, 0.25) is 0 Å². The molecule has 0 N–H and O–H groups in total. The normalized spacial score (nSPS) is 21.8. The third kappa shape index (κ3) is 3.98. The third-order valence-corrected chi connectivity index (χ3v) is 9.53. The van der Waals surface area contributed by atoms with E-state index in [0.29, 0.717) is 5.92 Å². The number of rotatable bonds is 2. The van der Waals surface area contributed by atoms with E-state index in [1.165, 1.54) is 30.7 Å². The molecule has 2 aromatic rings. The summed E-state index contributed by atoms with van der Waals surface area (Å²) in [6.45, 7) is 2.10. The second-order valence-corrected chi connectivity index (χ2v) is 10.3. The minimum absolute atomic E-state index is 0. The fourth-order valence-electron chi connectivity index (χ4n) is 4.05. The Morgan fingerprint density at radius 1 is 1.10 bits per heavy atom. The molecular weight excluding hydrogens is 467 g/mol. The van der Waals surface area contributed by atoms with Gasteiger partial charge < -0.3 is 7.43 Å². The summed E-state index contributed by atoms with van der Waals surface area (Å²) in [6.07, 6.45) is 7.89. The van der Waals surface area contributed by atoms with Gasteiger partial charge >= 0.3 is 0 Å². The van der Waals surface area contributed by atoms with Crippen LogP contribution in [0.5, 0.6) is 0 Å². The maximum absolute atomic E-state index is 9.12. The van der Waals surface area contributed by atoms with Gasteiger partial charge in [-0.05, 0) is 62.1 Å². The van der Waals surface area contributed by atoms with Gasteiger partial charge in [-0.1, -0.05) is 47.7 Å². The van der Waals surface area contributed by atoms with Crippen molar-refractivity contribution in [2.45, 2.75) is 46.8 Å². The summed E-state index contributed by atoms with van der Waals surface area (Å²) in [7, 11) is -0.0146. The number of fused-ring (bicyclic) bond motifs is 1. The summed E-state index contributed by atoms with van der Waals surface area (Å²) in [4.78, 5) is 7.30. The van der Waals surface area contributed by atoms with Crippen molar-refractivity contribution in [3.05, 3.63) is 94.6 Å². The molecule has 0 saturated heterocycles. The molecule has 1 heterocycles. The molecular formula is C25H23NS2Y. The maximum atomic E-state index is 9.12. The summed E-state index contributed by atoms with van der Waals surface area (Å²) in [5.74, 6) is 0.426. The molecule has 0 bridgehead atoms. The summed E-state index contributed by atoms with van der Waals surface area (Å²) in [6, 6.07) is 20.4. The van der Waals surface area contributed by atoms with Crippen LogP contribution in [0.1, 0.15) is 37.7 Å². The Morgan fingerprint density at radius 3 is 2.59 bits per heavy atom. The van der Waals surface area contributed by atoms with Gasteiger partial charge in [0.1, 0.15) is 10.9 Å². The van der Waals surface area contributed by atoms with E-state index in [2.05, 4.69) is 73.7 Å². The molecule has 2 aliphatic carbocycles. The Bertz CT molecular complexity index is 1060. The fraction of sp³-hybridized carbons (Fsp3) is 0.200. The molecule has 0 amide bonds. The predicted octanol–water partition coefficient (Wildman–Crippen LogP) is 7.17. The van der Waals surface area contributed by atoms with Crippen LogP contribution in [0.25, 0.3) is 0 Å². The molecule has 1 radical (unpaired) electrons. The van der Waals surface area contributed by atoms with E-state index in [1.54, 1.807) is 4.91 Å². The summed E-state index contributed by atoms with van der Waals surface area (Å²) < 4.78 is 0.